The maximum absolute atomic E-state index is 13.1. The Balaban J connectivity index is 2.47. The fourth-order valence-corrected chi connectivity index (χ4v) is 1.31. The summed E-state index contributed by atoms with van der Waals surface area (Å²) in [5.41, 5.74) is 0.491. The largest absolute Gasteiger partial charge is 0.333 e. The summed E-state index contributed by atoms with van der Waals surface area (Å²) in [6.45, 7) is 0. The minimum absolute atomic E-state index is 0.00308. The molecule has 0 aliphatic rings. The second kappa shape index (κ2) is 3.67. The SMILES string of the molecule is Fc1cc(-c2nc(Cl)no2)ccc1Br. The van der Waals surface area contributed by atoms with Crippen LogP contribution in [0.1, 0.15) is 0 Å². The van der Waals surface area contributed by atoms with Crippen LogP contribution in [-0.2, 0) is 0 Å². The van der Waals surface area contributed by atoms with E-state index in [9.17, 15) is 4.39 Å². The maximum Gasteiger partial charge on any atom is 0.264 e. The molecule has 2 aromatic rings. The number of rotatable bonds is 1. The molecule has 3 nitrogen and oxygen atoms in total. The zero-order valence-electron chi connectivity index (χ0n) is 6.67. The lowest BCUT2D eigenvalue weighted by molar-refractivity contribution is 0.430. The Morgan fingerprint density at radius 3 is 2.79 bits per heavy atom. The minimum atomic E-state index is -0.392. The van der Waals surface area contributed by atoms with Crippen molar-refractivity contribution < 1.29 is 8.91 Å². The molecule has 0 aliphatic carbocycles. The highest BCUT2D eigenvalue weighted by Crippen LogP contribution is 2.23. The molecule has 0 saturated heterocycles. The van der Waals surface area contributed by atoms with Crippen molar-refractivity contribution in [3.05, 3.63) is 33.8 Å². The van der Waals surface area contributed by atoms with Crippen LogP contribution in [-0.4, -0.2) is 10.1 Å². The van der Waals surface area contributed by atoms with E-state index >= 15 is 0 Å². The van der Waals surface area contributed by atoms with Crippen LogP contribution in [0.5, 0.6) is 0 Å². The van der Waals surface area contributed by atoms with Crippen molar-refractivity contribution in [1.82, 2.24) is 10.1 Å². The van der Waals surface area contributed by atoms with E-state index < -0.39 is 5.82 Å². The van der Waals surface area contributed by atoms with Gasteiger partial charge in [0.2, 0.25) is 0 Å². The van der Waals surface area contributed by atoms with Gasteiger partial charge in [-0.2, -0.15) is 4.98 Å². The van der Waals surface area contributed by atoms with Crippen LogP contribution in [0.2, 0.25) is 5.28 Å². The van der Waals surface area contributed by atoms with E-state index in [-0.39, 0.29) is 11.2 Å². The molecule has 0 atom stereocenters. The predicted octanol–water partition coefficient (Wildman–Crippen LogP) is 3.29. The Morgan fingerprint density at radius 2 is 2.21 bits per heavy atom. The van der Waals surface area contributed by atoms with E-state index in [0.29, 0.717) is 10.0 Å². The van der Waals surface area contributed by atoms with Crippen molar-refractivity contribution in [2.24, 2.45) is 0 Å². The molecule has 14 heavy (non-hydrogen) atoms. The molecule has 0 radical (unpaired) electrons. The molecule has 72 valence electrons. The van der Waals surface area contributed by atoms with Gasteiger partial charge in [0.25, 0.3) is 11.2 Å². The Labute approximate surface area is 92.0 Å². The lowest BCUT2D eigenvalue weighted by Crippen LogP contribution is -1.81. The van der Waals surface area contributed by atoms with Crippen molar-refractivity contribution in [2.45, 2.75) is 0 Å². The van der Waals surface area contributed by atoms with E-state index in [2.05, 4.69) is 26.1 Å². The number of hydrogen-bond acceptors (Lipinski definition) is 3. The molecule has 2 rings (SSSR count). The molecule has 1 heterocycles. The monoisotopic (exact) mass is 276 g/mol. The van der Waals surface area contributed by atoms with Crippen molar-refractivity contribution in [3.63, 3.8) is 0 Å². The number of aromatic nitrogens is 2. The Bertz CT molecular complexity index is 474. The summed E-state index contributed by atoms with van der Waals surface area (Å²) in [6, 6.07) is 4.49. The average molecular weight is 277 g/mol. The van der Waals surface area contributed by atoms with Crippen molar-refractivity contribution >= 4 is 27.5 Å². The van der Waals surface area contributed by atoms with Gasteiger partial charge >= 0.3 is 0 Å². The Kier molecular flexibility index (Phi) is 2.52. The molecule has 0 amide bonds. The smallest absolute Gasteiger partial charge is 0.264 e. The summed E-state index contributed by atoms with van der Waals surface area (Å²) in [5.74, 6) is -0.196. The zero-order chi connectivity index (χ0) is 10.1. The highest BCUT2D eigenvalue weighted by Gasteiger charge is 2.09. The van der Waals surface area contributed by atoms with Gasteiger partial charge in [0.15, 0.2) is 0 Å². The summed E-state index contributed by atoms with van der Waals surface area (Å²) in [7, 11) is 0. The van der Waals surface area contributed by atoms with E-state index in [1.807, 2.05) is 0 Å². The van der Waals surface area contributed by atoms with E-state index in [4.69, 9.17) is 16.1 Å². The summed E-state index contributed by atoms with van der Waals surface area (Å²) >= 11 is 8.50. The highest BCUT2D eigenvalue weighted by molar-refractivity contribution is 9.10. The maximum atomic E-state index is 13.1. The Morgan fingerprint density at radius 1 is 1.43 bits per heavy atom. The number of halogens is 3. The molecule has 0 aliphatic heterocycles. The standard InChI is InChI=1S/C8H3BrClFN2O/c9-5-2-1-4(3-6(5)11)7-12-8(10)13-14-7/h1-3H. The van der Waals surface area contributed by atoms with Crippen LogP contribution in [0.15, 0.2) is 27.2 Å². The molecule has 1 aromatic heterocycles. The molecule has 0 spiro atoms. The first-order chi connectivity index (χ1) is 6.66. The second-order valence-electron chi connectivity index (χ2n) is 2.50. The molecule has 1 aromatic carbocycles. The third-order valence-corrected chi connectivity index (χ3v) is 2.36. The molecular weight excluding hydrogens is 274 g/mol. The highest BCUT2D eigenvalue weighted by atomic mass is 79.9. The quantitative estimate of drug-likeness (QED) is 0.803. The zero-order valence-corrected chi connectivity index (χ0v) is 9.01. The van der Waals surface area contributed by atoms with Crippen LogP contribution in [0.4, 0.5) is 4.39 Å². The second-order valence-corrected chi connectivity index (χ2v) is 3.69. The topological polar surface area (TPSA) is 38.9 Å². The fraction of sp³-hybridized carbons (Fsp3) is 0. The van der Waals surface area contributed by atoms with Gasteiger partial charge in [0.1, 0.15) is 5.82 Å². The lowest BCUT2D eigenvalue weighted by Gasteiger charge is -1.96. The molecule has 0 unspecified atom stereocenters. The summed E-state index contributed by atoms with van der Waals surface area (Å²) in [5, 5.41) is 3.39. The molecule has 6 heteroatoms. The molecule has 0 fully saturated rings. The fourth-order valence-electron chi connectivity index (χ4n) is 0.952. The van der Waals surface area contributed by atoms with Gasteiger partial charge < -0.3 is 4.52 Å². The molecular formula is C8H3BrClFN2O. The molecule has 0 bridgehead atoms. The first kappa shape index (κ1) is 9.61. The first-order valence-electron chi connectivity index (χ1n) is 3.61. The number of hydrogen-bond donors (Lipinski definition) is 0. The normalized spacial score (nSPS) is 10.5. The van der Waals surface area contributed by atoms with Crippen LogP contribution in [0.3, 0.4) is 0 Å². The van der Waals surface area contributed by atoms with E-state index in [1.165, 1.54) is 6.07 Å². The molecule has 0 saturated carbocycles. The first-order valence-corrected chi connectivity index (χ1v) is 4.78. The lowest BCUT2D eigenvalue weighted by atomic mass is 10.2. The van der Waals surface area contributed by atoms with Crippen LogP contribution < -0.4 is 0 Å². The van der Waals surface area contributed by atoms with Crippen molar-refractivity contribution in [1.29, 1.82) is 0 Å². The van der Waals surface area contributed by atoms with Crippen LogP contribution in [0, 0.1) is 5.82 Å². The number of nitrogens with zero attached hydrogens (tertiary/aromatic N) is 2. The number of benzene rings is 1. The predicted molar refractivity (Wildman–Crippen MR) is 52.4 cm³/mol. The summed E-state index contributed by atoms with van der Waals surface area (Å²) in [6.07, 6.45) is 0. The van der Waals surface area contributed by atoms with Gasteiger partial charge in [-0.05, 0) is 50.9 Å². The van der Waals surface area contributed by atoms with E-state index in [0.717, 1.165) is 0 Å². The molecule has 0 N–H and O–H groups in total. The Hall–Kier alpha value is -0.940. The van der Waals surface area contributed by atoms with Crippen molar-refractivity contribution in [2.75, 3.05) is 0 Å². The van der Waals surface area contributed by atoms with Gasteiger partial charge in [-0.3, -0.25) is 0 Å². The van der Waals surface area contributed by atoms with Crippen LogP contribution >= 0.6 is 27.5 Å². The van der Waals surface area contributed by atoms with Gasteiger partial charge in [-0.25, -0.2) is 4.39 Å². The van der Waals surface area contributed by atoms with Crippen molar-refractivity contribution in [3.8, 4) is 11.5 Å². The third-order valence-electron chi connectivity index (χ3n) is 1.57. The average Bonchev–Trinajstić information content (AvgIpc) is 2.57. The van der Waals surface area contributed by atoms with Gasteiger partial charge in [-0.15, -0.1) is 0 Å². The third kappa shape index (κ3) is 1.78. The summed E-state index contributed by atoms with van der Waals surface area (Å²) in [4.78, 5) is 3.76. The summed E-state index contributed by atoms with van der Waals surface area (Å²) < 4.78 is 18.3. The van der Waals surface area contributed by atoms with Gasteiger partial charge in [0, 0.05) is 5.56 Å². The van der Waals surface area contributed by atoms with Gasteiger partial charge in [-0.1, -0.05) is 0 Å². The van der Waals surface area contributed by atoms with Crippen LogP contribution in [0.25, 0.3) is 11.5 Å². The van der Waals surface area contributed by atoms with Gasteiger partial charge in [0.05, 0.1) is 4.47 Å². The van der Waals surface area contributed by atoms with E-state index in [1.54, 1.807) is 12.1 Å². The minimum Gasteiger partial charge on any atom is -0.333 e.